The van der Waals surface area contributed by atoms with Gasteiger partial charge in [0.2, 0.25) is 10.0 Å². The van der Waals surface area contributed by atoms with Crippen LogP contribution < -0.4 is 10.0 Å². The number of benzene rings is 1. The molecule has 1 aromatic heterocycles. The predicted octanol–water partition coefficient (Wildman–Crippen LogP) is 2.67. The van der Waals surface area contributed by atoms with Gasteiger partial charge in [0.05, 0.1) is 15.0 Å². The Bertz CT molecular complexity index is 741. The molecule has 0 saturated heterocycles. The second-order valence-electron chi connectivity index (χ2n) is 3.80. The van der Waals surface area contributed by atoms with E-state index in [1.807, 2.05) is 0 Å². The smallest absolute Gasteiger partial charge is 0.256 e. The molecule has 20 heavy (non-hydrogen) atoms. The summed E-state index contributed by atoms with van der Waals surface area (Å²) in [7, 11) is -2.30. The Morgan fingerprint density at radius 1 is 1.30 bits per heavy atom. The Hall–Kier alpha value is -1.22. The molecule has 106 valence electrons. The van der Waals surface area contributed by atoms with Crippen LogP contribution >= 0.6 is 27.3 Å². The minimum absolute atomic E-state index is 0.0325. The zero-order valence-corrected chi connectivity index (χ0v) is 13.6. The molecule has 0 radical (unpaired) electrons. The number of hydrogen-bond donors (Lipinski definition) is 2. The normalized spacial score (nSPS) is 11.3. The number of amides is 1. The van der Waals surface area contributed by atoms with Crippen molar-refractivity contribution in [3.63, 3.8) is 0 Å². The van der Waals surface area contributed by atoms with Crippen LogP contribution in [0.5, 0.6) is 0 Å². The number of para-hydroxylation sites is 1. The summed E-state index contributed by atoms with van der Waals surface area (Å²) in [6.07, 6.45) is 0. The average Bonchev–Trinajstić information content (AvgIpc) is 2.86. The van der Waals surface area contributed by atoms with Crippen LogP contribution in [-0.2, 0) is 10.0 Å². The van der Waals surface area contributed by atoms with Crippen LogP contribution in [0.3, 0.4) is 0 Å². The van der Waals surface area contributed by atoms with Crippen molar-refractivity contribution in [2.75, 3.05) is 12.4 Å². The van der Waals surface area contributed by atoms with Crippen LogP contribution in [0.15, 0.2) is 44.4 Å². The van der Waals surface area contributed by atoms with Gasteiger partial charge in [-0.25, -0.2) is 13.1 Å². The number of carbonyl (C=O) groups excluding carboxylic acids is 1. The summed E-state index contributed by atoms with van der Waals surface area (Å²) >= 11 is 4.66. The summed E-state index contributed by atoms with van der Waals surface area (Å²) in [4.78, 5) is 12.1. The maximum absolute atomic E-state index is 12.1. The third kappa shape index (κ3) is 3.26. The second kappa shape index (κ2) is 6.04. The third-order valence-electron chi connectivity index (χ3n) is 2.52. The van der Waals surface area contributed by atoms with E-state index in [9.17, 15) is 13.2 Å². The summed E-state index contributed by atoms with van der Waals surface area (Å²) in [5, 5.41) is 4.30. The highest BCUT2D eigenvalue weighted by Gasteiger charge is 2.18. The van der Waals surface area contributed by atoms with E-state index in [4.69, 9.17) is 0 Å². The Morgan fingerprint density at radius 3 is 2.60 bits per heavy atom. The topological polar surface area (TPSA) is 75.3 Å². The molecule has 0 aliphatic carbocycles. The lowest BCUT2D eigenvalue weighted by Crippen LogP contribution is -2.21. The SMILES string of the molecule is CNS(=O)(=O)c1ccccc1NC(=O)c1csc(Br)c1. The van der Waals surface area contributed by atoms with Gasteiger partial charge in [0.15, 0.2) is 0 Å². The molecule has 1 amide bonds. The fourth-order valence-electron chi connectivity index (χ4n) is 1.54. The summed E-state index contributed by atoms with van der Waals surface area (Å²) in [6, 6.07) is 7.92. The van der Waals surface area contributed by atoms with Gasteiger partial charge in [-0.2, -0.15) is 0 Å². The Morgan fingerprint density at radius 2 is 2.00 bits per heavy atom. The minimum atomic E-state index is -3.62. The molecule has 0 atom stereocenters. The molecule has 0 aliphatic rings. The average molecular weight is 375 g/mol. The molecule has 2 aromatic rings. The van der Waals surface area contributed by atoms with E-state index < -0.39 is 10.0 Å². The molecule has 1 aromatic carbocycles. The molecule has 0 aliphatic heterocycles. The van der Waals surface area contributed by atoms with Gasteiger partial charge in [0, 0.05) is 5.38 Å². The first-order chi connectivity index (χ1) is 9.44. The maximum atomic E-state index is 12.1. The Labute approximate surface area is 129 Å². The van der Waals surface area contributed by atoms with Crippen molar-refractivity contribution in [3.05, 3.63) is 45.1 Å². The number of sulfonamides is 1. The number of halogens is 1. The van der Waals surface area contributed by atoms with Crippen molar-refractivity contribution in [2.24, 2.45) is 0 Å². The van der Waals surface area contributed by atoms with Gasteiger partial charge in [0.25, 0.3) is 5.91 Å². The molecule has 0 unspecified atom stereocenters. The van der Waals surface area contributed by atoms with E-state index in [2.05, 4.69) is 26.0 Å². The highest BCUT2D eigenvalue weighted by Crippen LogP contribution is 2.24. The molecule has 2 rings (SSSR count). The zero-order chi connectivity index (χ0) is 14.8. The van der Waals surface area contributed by atoms with Gasteiger partial charge in [-0.15, -0.1) is 11.3 Å². The largest absolute Gasteiger partial charge is 0.321 e. The van der Waals surface area contributed by atoms with Gasteiger partial charge in [0.1, 0.15) is 4.90 Å². The first-order valence-corrected chi connectivity index (χ1v) is 8.67. The maximum Gasteiger partial charge on any atom is 0.256 e. The molecular formula is C12H11BrN2O3S2. The van der Waals surface area contributed by atoms with Gasteiger partial charge >= 0.3 is 0 Å². The lowest BCUT2D eigenvalue weighted by molar-refractivity contribution is 0.102. The van der Waals surface area contributed by atoms with Crippen LogP contribution in [0, 0.1) is 0 Å². The van der Waals surface area contributed by atoms with Crippen LogP contribution in [0.2, 0.25) is 0 Å². The molecule has 1 heterocycles. The quantitative estimate of drug-likeness (QED) is 0.863. The second-order valence-corrected chi connectivity index (χ2v) is 7.94. The van der Waals surface area contributed by atoms with Crippen molar-refractivity contribution >= 4 is 48.9 Å². The monoisotopic (exact) mass is 374 g/mol. The number of hydrogen-bond acceptors (Lipinski definition) is 4. The predicted molar refractivity (Wildman–Crippen MR) is 82.7 cm³/mol. The number of rotatable bonds is 4. The van der Waals surface area contributed by atoms with Crippen LogP contribution in [0.4, 0.5) is 5.69 Å². The van der Waals surface area contributed by atoms with Gasteiger partial charge < -0.3 is 5.32 Å². The summed E-state index contributed by atoms with van der Waals surface area (Å²) < 4.78 is 26.8. The summed E-state index contributed by atoms with van der Waals surface area (Å²) in [5.41, 5.74) is 0.715. The van der Waals surface area contributed by atoms with E-state index in [0.717, 1.165) is 3.79 Å². The number of nitrogens with one attached hydrogen (secondary N) is 2. The number of thiophene rings is 1. The van der Waals surface area contributed by atoms with E-state index in [1.165, 1.54) is 24.5 Å². The molecular weight excluding hydrogens is 364 g/mol. The van der Waals surface area contributed by atoms with E-state index in [-0.39, 0.29) is 16.5 Å². The fourth-order valence-corrected chi connectivity index (χ4v) is 3.56. The van der Waals surface area contributed by atoms with Crippen LogP contribution in [0.25, 0.3) is 0 Å². The third-order valence-corrected chi connectivity index (χ3v) is 5.50. The van der Waals surface area contributed by atoms with Crippen molar-refractivity contribution in [1.82, 2.24) is 4.72 Å². The molecule has 0 fully saturated rings. The van der Waals surface area contributed by atoms with Gasteiger partial charge in [-0.3, -0.25) is 4.79 Å². The van der Waals surface area contributed by atoms with E-state index >= 15 is 0 Å². The highest BCUT2D eigenvalue weighted by atomic mass is 79.9. The van der Waals surface area contributed by atoms with Crippen molar-refractivity contribution < 1.29 is 13.2 Å². The minimum Gasteiger partial charge on any atom is -0.321 e. The molecule has 5 nitrogen and oxygen atoms in total. The molecule has 0 saturated carbocycles. The Kier molecular flexibility index (Phi) is 4.59. The van der Waals surface area contributed by atoms with Crippen molar-refractivity contribution in [1.29, 1.82) is 0 Å². The summed E-state index contributed by atoms with van der Waals surface area (Å²) in [6.45, 7) is 0. The number of carbonyl (C=O) groups is 1. The zero-order valence-electron chi connectivity index (χ0n) is 10.4. The Balaban J connectivity index is 2.33. The molecule has 8 heteroatoms. The first kappa shape index (κ1) is 15.2. The van der Waals surface area contributed by atoms with Crippen molar-refractivity contribution in [3.8, 4) is 0 Å². The standard InChI is InChI=1S/C12H11BrN2O3S2/c1-14-20(17,18)10-5-3-2-4-9(10)15-12(16)8-6-11(13)19-7-8/h2-7,14H,1H3,(H,15,16). The first-order valence-electron chi connectivity index (χ1n) is 5.52. The lowest BCUT2D eigenvalue weighted by Gasteiger charge is -2.10. The van der Waals surface area contributed by atoms with Gasteiger partial charge in [-0.05, 0) is 41.2 Å². The van der Waals surface area contributed by atoms with Gasteiger partial charge in [-0.1, -0.05) is 12.1 Å². The fraction of sp³-hybridized carbons (Fsp3) is 0.0833. The highest BCUT2D eigenvalue weighted by molar-refractivity contribution is 9.11. The van der Waals surface area contributed by atoms with Crippen molar-refractivity contribution in [2.45, 2.75) is 4.90 Å². The lowest BCUT2D eigenvalue weighted by atomic mass is 10.3. The molecule has 0 spiro atoms. The van der Waals surface area contributed by atoms with E-state index in [0.29, 0.717) is 5.56 Å². The molecule has 0 bridgehead atoms. The summed E-state index contributed by atoms with van der Waals surface area (Å²) in [5.74, 6) is -0.356. The number of anilines is 1. The molecule has 2 N–H and O–H groups in total. The van der Waals surface area contributed by atoms with Crippen LogP contribution in [-0.4, -0.2) is 21.4 Å². The van der Waals surface area contributed by atoms with Crippen LogP contribution in [0.1, 0.15) is 10.4 Å². The van der Waals surface area contributed by atoms with E-state index in [1.54, 1.807) is 29.6 Å².